The summed E-state index contributed by atoms with van der Waals surface area (Å²) < 4.78 is 0. The third-order valence-electron chi connectivity index (χ3n) is 2.58. The number of nitrogens with one attached hydrogen (secondary N) is 1. The molecule has 2 aromatic carbocycles. The number of carbonyl (C=O) groups excluding carboxylic acids is 1. The van der Waals surface area contributed by atoms with Crippen molar-refractivity contribution in [2.75, 3.05) is 16.8 Å². The van der Waals surface area contributed by atoms with Gasteiger partial charge in [0.05, 0.1) is 17.1 Å². The van der Waals surface area contributed by atoms with E-state index in [1.165, 1.54) is 5.56 Å². The van der Waals surface area contributed by atoms with Crippen LogP contribution in [0.25, 0.3) is 0 Å². The van der Waals surface area contributed by atoms with Crippen molar-refractivity contribution < 1.29 is 4.79 Å². The minimum atomic E-state index is -0.0289. The molecular weight excluding hydrogens is 256 g/mol. The Balaban J connectivity index is 1.78. The second-order valence-electron chi connectivity index (χ2n) is 4.11. The van der Waals surface area contributed by atoms with Crippen LogP contribution in [0.3, 0.4) is 0 Å². The lowest BCUT2D eigenvalue weighted by molar-refractivity contribution is -0.113. The average molecular weight is 272 g/mol. The zero-order valence-electron chi connectivity index (χ0n) is 10.5. The van der Waals surface area contributed by atoms with Crippen LogP contribution in [0.1, 0.15) is 5.56 Å². The molecule has 98 valence electrons. The zero-order valence-corrected chi connectivity index (χ0v) is 11.3. The van der Waals surface area contributed by atoms with E-state index in [0.717, 1.165) is 5.75 Å². The number of para-hydroxylation sites is 2. The van der Waals surface area contributed by atoms with E-state index in [9.17, 15) is 4.79 Å². The van der Waals surface area contributed by atoms with Gasteiger partial charge in [0.1, 0.15) is 0 Å². The molecule has 0 saturated carbocycles. The summed E-state index contributed by atoms with van der Waals surface area (Å²) in [5.74, 6) is 1.22. The maximum Gasteiger partial charge on any atom is 0.234 e. The summed E-state index contributed by atoms with van der Waals surface area (Å²) in [4.78, 5) is 11.8. The Morgan fingerprint density at radius 2 is 1.74 bits per heavy atom. The summed E-state index contributed by atoms with van der Waals surface area (Å²) in [7, 11) is 0. The first-order valence-corrected chi connectivity index (χ1v) is 7.17. The molecule has 0 aromatic heterocycles. The van der Waals surface area contributed by atoms with Crippen LogP contribution in [0.15, 0.2) is 54.6 Å². The molecule has 0 atom stereocenters. The van der Waals surface area contributed by atoms with Crippen molar-refractivity contribution in [3.63, 3.8) is 0 Å². The van der Waals surface area contributed by atoms with E-state index in [4.69, 9.17) is 5.73 Å². The lowest BCUT2D eigenvalue weighted by Gasteiger charge is -2.07. The molecular formula is C15H16N2OS. The first-order chi connectivity index (χ1) is 9.25. The maximum absolute atomic E-state index is 11.8. The van der Waals surface area contributed by atoms with Crippen molar-refractivity contribution in [3.8, 4) is 0 Å². The lowest BCUT2D eigenvalue weighted by Crippen LogP contribution is -2.15. The summed E-state index contributed by atoms with van der Waals surface area (Å²) in [5.41, 5.74) is 8.25. The van der Waals surface area contributed by atoms with Crippen molar-refractivity contribution >= 4 is 29.0 Å². The van der Waals surface area contributed by atoms with Crippen molar-refractivity contribution in [2.24, 2.45) is 0 Å². The van der Waals surface area contributed by atoms with Crippen molar-refractivity contribution in [3.05, 3.63) is 60.2 Å². The first-order valence-electron chi connectivity index (χ1n) is 6.02. The van der Waals surface area contributed by atoms with Gasteiger partial charge in [0.25, 0.3) is 0 Å². The van der Waals surface area contributed by atoms with Gasteiger partial charge in [-0.3, -0.25) is 4.79 Å². The molecule has 0 heterocycles. The fraction of sp³-hybridized carbons (Fsp3) is 0.133. The minimum absolute atomic E-state index is 0.0289. The molecule has 2 rings (SSSR count). The molecule has 0 fully saturated rings. The van der Waals surface area contributed by atoms with E-state index in [1.54, 1.807) is 23.9 Å². The lowest BCUT2D eigenvalue weighted by atomic mass is 10.2. The number of thioether (sulfide) groups is 1. The molecule has 0 bridgehead atoms. The zero-order chi connectivity index (χ0) is 13.5. The molecule has 0 aliphatic rings. The number of nitrogen functional groups attached to an aromatic ring is 1. The predicted octanol–water partition coefficient (Wildman–Crippen LogP) is 3.14. The summed E-state index contributed by atoms with van der Waals surface area (Å²) >= 11 is 1.59. The van der Waals surface area contributed by atoms with Gasteiger partial charge in [-0.15, -0.1) is 11.8 Å². The smallest absolute Gasteiger partial charge is 0.234 e. The highest BCUT2D eigenvalue weighted by Gasteiger charge is 2.04. The van der Waals surface area contributed by atoms with Crippen LogP contribution in [-0.2, 0) is 10.5 Å². The molecule has 1 amide bonds. The van der Waals surface area contributed by atoms with Crippen LogP contribution in [0.4, 0.5) is 11.4 Å². The molecule has 3 N–H and O–H groups in total. The van der Waals surface area contributed by atoms with E-state index in [1.807, 2.05) is 30.3 Å². The molecule has 0 unspecified atom stereocenters. The normalized spacial score (nSPS) is 10.1. The number of amides is 1. The van der Waals surface area contributed by atoms with Crippen LogP contribution < -0.4 is 11.1 Å². The Bertz CT molecular complexity index is 543. The number of benzene rings is 2. The molecule has 0 radical (unpaired) electrons. The number of rotatable bonds is 5. The SMILES string of the molecule is Nc1ccccc1NC(=O)CSCc1ccccc1. The Morgan fingerprint density at radius 1 is 1.05 bits per heavy atom. The minimum Gasteiger partial charge on any atom is -0.397 e. The van der Waals surface area contributed by atoms with Crippen LogP contribution >= 0.6 is 11.8 Å². The highest BCUT2D eigenvalue weighted by Crippen LogP contribution is 2.17. The van der Waals surface area contributed by atoms with Crippen molar-refractivity contribution in [1.29, 1.82) is 0 Å². The molecule has 0 saturated heterocycles. The number of hydrogen-bond donors (Lipinski definition) is 2. The maximum atomic E-state index is 11.8. The average Bonchev–Trinajstić information content (AvgIpc) is 2.43. The van der Waals surface area contributed by atoms with Gasteiger partial charge in [-0.2, -0.15) is 0 Å². The Hall–Kier alpha value is -1.94. The van der Waals surface area contributed by atoms with E-state index >= 15 is 0 Å². The monoisotopic (exact) mass is 272 g/mol. The largest absolute Gasteiger partial charge is 0.397 e. The Morgan fingerprint density at radius 3 is 2.47 bits per heavy atom. The summed E-state index contributed by atoms with van der Waals surface area (Å²) in [6.45, 7) is 0. The van der Waals surface area contributed by atoms with E-state index in [2.05, 4.69) is 17.4 Å². The number of nitrogens with two attached hydrogens (primary N) is 1. The van der Waals surface area contributed by atoms with Gasteiger partial charge < -0.3 is 11.1 Å². The van der Waals surface area contributed by atoms with E-state index < -0.39 is 0 Å². The highest BCUT2D eigenvalue weighted by atomic mass is 32.2. The topological polar surface area (TPSA) is 55.1 Å². The van der Waals surface area contributed by atoms with Crippen molar-refractivity contribution in [2.45, 2.75) is 5.75 Å². The van der Waals surface area contributed by atoms with Gasteiger partial charge in [0.2, 0.25) is 5.91 Å². The molecule has 4 heteroatoms. The first kappa shape index (κ1) is 13.5. The molecule has 0 spiro atoms. The standard InChI is InChI=1S/C15H16N2OS/c16-13-8-4-5-9-14(13)17-15(18)11-19-10-12-6-2-1-3-7-12/h1-9H,10-11,16H2,(H,17,18). The van der Waals surface area contributed by atoms with Gasteiger partial charge in [-0.05, 0) is 17.7 Å². The Kier molecular flexibility index (Phi) is 4.86. The highest BCUT2D eigenvalue weighted by molar-refractivity contribution is 7.99. The molecule has 19 heavy (non-hydrogen) atoms. The second-order valence-corrected chi connectivity index (χ2v) is 5.10. The van der Waals surface area contributed by atoms with Crippen LogP contribution in [0.5, 0.6) is 0 Å². The number of hydrogen-bond acceptors (Lipinski definition) is 3. The summed E-state index contributed by atoms with van der Waals surface area (Å²) in [6.07, 6.45) is 0. The predicted molar refractivity (Wildman–Crippen MR) is 82.1 cm³/mol. The van der Waals surface area contributed by atoms with Crippen LogP contribution in [0.2, 0.25) is 0 Å². The summed E-state index contributed by atoms with van der Waals surface area (Å²) in [6, 6.07) is 17.4. The summed E-state index contributed by atoms with van der Waals surface area (Å²) in [5, 5.41) is 2.81. The molecule has 0 aliphatic carbocycles. The van der Waals surface area contributed by atoms with Crippen LogP contribution in [0, 0.1) is 0 Å². The fourth-order valence-corrected chi connectivity index (χ4v) is 2.42. The van der Waals surface area contributed by atoms with Gasteiger partial charge >= 0.3 is 0 Å². The number of carbonyl (C=O) groups is 1. The molecule has 0 aliphatic heterocycles. The number of anilines is 2. The second kappa shape index (κ2) is 6.85. The quantitative estimate of drug-likeness (QED) is 0.822. The van der Waals surface area contributed by atoms with E-state index in [0.29, 0.717) is 17.1 Å². The van der Waals surface area contributed by atoms with Gasteiger partial charge in [-0.25, -0.2) is 0 Å². The molecule has 2 aromatic rings. The van der Waals surface area contributed by atoms with Gasteiger partial charge in [0, 0.05) is 5.75 Å². The van der Waals surface area contributed by atoms with Gasteiger partial charge in [-0.1, -0.05) is 42.5 Å². The third kappa shape index (κ3) is 4.34. The third-order valence-corrected chi connectivity index (χ3v) is 3.58. The van der Waals surface area contributed by atoms with Crippen molar-refractivity contribution in [1.82, 2.24) is 0 Å². The Labute approximate surface area is 117 Å². The van der Waals surface area contributed by atoms with Gasteiger partial charge in [0.15, 0.2) is 0 Å². The molecule has 3 nitrogen and oxygen atoms in total. The fourth-order valence-electron chi connectivity index (χ4n) is 1.63. The van der Waals surface area contributed by atoms with Crippen LogP contribution in [-0.4, -0.2) is 11.7 Å². The van der Waals surface area contributed by atoms with E-state index in [-0.39, 0.29) is 5.91 Å².